The molecule has 1 atom stereocenters. The molecule has 0 spiro atoms. The van der Waals surface area contributed by atoms with Gasteiger partial charge in [0.15, 0.2) is 5.65 Å². The average Bonchev–Trinajstić information content (AvgIpc) is 3.05. The van der Waals surface area contributed by atoms with Gasteiger partial charge in [-0.1, -0.05) is 43.7 Å². The molecule has 144 valence electrons. The van der Waals surface area contributed by atoms with Gasteiger partial charge < -0.3 is 5.32 Å². The molecule has 2 heterocycles. The second kappa shape index (κ2) is 7.66. The molecule has 7 nitrogen and oxygen atoms in total. The van der Waals surface area contributed by atoms with E-state index < -0.39 is 10.0 Å². The van der Waals surface area contributed by atoms with Crippen molar-refractivity contribution in [3.63, 3.8) is 0 Å². The molecule has 8 heteroatoms. The Labute approximate surface area is 160 Å². The smallest absolute Gasteiger partial charge is 0.244 e. The van der Waals surface area contributed by atoms with Crippen LogP contribution in [0.1, 0.15) is 37.9 Å². The third kappa shape index (κ3) is 3.81. The van der Waals surface area contributed by atoms with Crippen molar-refractivity contribution < 1.29 is 8.42 Å². The van der Waals surface area contributed by atoms with Crippen LogP contribution in [0.4, 0.5) is 5.95 Å². The van der Waals surface area contributed by atoms with Crippen LogP contribution in [0.3, 0.4) is 0 Å². The summed E-state index contributed by atoms with van der Waals surface area (Å²) in [6, 6.07) is 11.5. The van der Waals surface area contributed by atoms with Crippen LogP contribution < -0.4 is 5.32 Å². The van der Waals surface area contributed by atoms with Gasteiger partial charge >= 0.3 is 0 Å². The Hall–Kier alpha value is -2.45. The van der Waals surface area contributed by atoms with Crippen LogP contribution in [0, 0.1) is 6.92 Å². The zero-order valence-electron chi connectivity index (χ0n) is 16.0. The summed E-state index contributed by atoms with van der Waals surface area (Å²) < 4.78 is 28.7. The van der Waals surface area contributed by atoms with E-state index in [1.54, 1.807) is 22.7 Å². The molecule has 0 aliphatic rings. The number of rotatable bonds is 7. The Balaban J connectivity index is 1.94. The number of fused-ring (bicyclic) bond motifs is 1. The first-order valence-electron chi connectivity index (χ1n) is 9.04. The zero-order valence-corrected chi connectivity index (χ0v) is 16.9. The van der Waals surface area contributed by atoms with E-state index in [1.807, 2.05) is 27.7 Å². The standard InChI is InChI=1S/C19H25N5O2S/c1-5-23(6-2)27(25,26)17-11-12-18-21-22-19(24(18)13-17)20-15(4)16-9-7-14(3)8-10-16/h7-13,15H,5-6H2,1-4H3,(H,20,22). The maximum atomic E-state index is 12.8. The molecule has 1 N–H and O–H groups in total. The first-order chi connectivity index (χ1) is 12.9. The van der Waals surface area contributed by atoms with Crippen molar-refractivity contribution in [2.45, 2.75) is 38.6 Å². The van der Waals surface area contributed by atoms with Gasteiger partial charge in [-0.3, -0.25) is 4.40 Å². The quantitative estimate of drug-likeness (QED) is 0.673. The van der Waals surface area contributed by atoms with E-state index in [2.05, 4.69) is 39.8 Å². The Morgan fingerprint density at radius 3 is 2.37 bits per heavy atom. The van der Waals surface area contributed by atoms with Crippen molar-refractivity contribution >= 4 is 21.6 Å². The highest BCUT2D eigenvalue weighted by molar-refractivity contribution is 7.89. The highest BCUT2D eigenvalue weighted by Gasteiger charge is 2.23. The molecule has 0 aliphatic carbocycles. The first-order valence-corrected chi connectivity index (χ1v) is 10.5. The van der Waals surface area contributed by atoms with Crippen LogP contribution in [0.15, 0.2) is 47.5 Å². The minimum Gasteiger partial charge on any atom is -0.347 e. The van der Waals surface area contributed by atoms with Crippen molar-refractivity contribution in [2.24, 2.45) is 0 Å². The molecule has 0 saturated heterocycles. The van der Waals surface area contributed by atoms with Crippen molar-refractivity contribution in [3.05, 3.63) is 53.7 Å². The predicted octanol–water partition coefficient (Wildman–Crippen LogP) is 3.24. The fourth-order valence-corrected chi connectivity index (χ4v) is 4.42. The number of pyridine rings is 1. The summed E-state index contributed by atoms with van der Waals surface area (Å²) in [6.45, 7) is 8.58. The van der Waals surface area contributed by atoms with E-state index in [0.717, 1.165) is 5.56 Å². The van der Waals surface area contributed by atoms with Crippen LogP contribution >= 0.6 is 0 Å². The van der Waals surface area contributed by atoms with Crippen molar-refractivity contribution in [3.8, 4) is 0 Å². The fourth-order valence-electron chi connectivity index (χ4n) is 2.97. The third-order valence-electron chi connectivity index (χ3n) is 4.64. The van der Waals surface area contributed by atoms with E-state index in [0.29, 0.717) is 24.7 Å². The van der Waals surface area contributed by atoms with Gasteiger partial charge in [0.25, 0.3) is 0 Å². The first kappa shape index (κ1) is 19.3. The molecule has 3 aromatic rings. The molecule has 2 aromatic heterocycles. The van der Waals surface area contributed by atoms with Gasteiger partial charge in [-0.05, 0) is 31.5 Å². The van der Waals surface area contributed by atoms with E-state index >= 15 is 0 Å². The van der Waals surface area contributed by atoms with Crippen LogP contribution in [0.25, 0.3) is 5.65 Å². The number of nitrogens with one attached hydrogen (secondary N) is 1. The number of sulfonamides is 1. The van der Waals surface area contributed by atoms with Gasteiger partial charge in [0, 0.05) is 19.3 Å². The van der Waals surface area contributed by atoms with Gasteiger partial charge in [-0.15, -0.1) is 10.2 Å². The number of aromatic nitrogens is 3. The summed E-state index contributed by atoms with van der Waals surface area (Å²) in [6.07, 6.45) is 1.58. The molecule has 0 radical (unpaired) electrons. The van der Waals surface area contributed by atoms with Crippen LogP contribution in [0.5, 0.6) is 0 Å². The molecule has 0 fully saturated rings. The van der Waals surface area contributed by atoms with Gasteiger partial charge in [0.2, 0.25) is 16.0 Å². The lowest BCUT2D eigenvalue weighted by Crippen LogP contribution is -2.30. The Morgan fingerprint density at radius 2 is 1.74 bits per heavy atom. The van der Waals surface area contributed by atoms with Crippen molar-refractivity contribution in [1.82, 2.24) is 18.9 Å². The molecule has 0 aliphatic heterocycles. The van der Waals surface area contributed by atoms with Crippen molar-refractivity contribution in [2.75, 3.05) is 18.4 Å². The normalized spacial score (nSPS) is 13.2. The second-order valence-electron chi connectivity index (χ2n) is 6.48. The highest BCUT2D eigenvalue weighted by atomic mass is 32.2. The van der Waals surface area contributed by atoms with Crippen LogP contribution in [0.2, 0.25) is 0 Å². The Bertz CT molecular complexity index is 1020. The molecule has 3 rings (SSSR count). The van der Waals surface area contributed by atoms with E-state index in [4.69, 9.17) is 0 Å². The Kier molecular flexibility index (Phi) is 5.48. The molecule has 0 bridgehead atoms. The molecular weight excluding hydrogens is 362 g/mol. The van der Waals surface area contributed by atoms with Gasteiger partial charge in [-0.2, -0.15) is 4.31 Å². The number of benzene rings is 1. The lowest BCUT2D eigenvalue weighted by molar-refractivity contribution is 0.445. The molecule has 1 unspecified atom stereocenters. The maximum absolute atomic E-state index is 12.8. The van der Waals surface area contributed by atoms with Gasteiger partial charge in [0.1, 0.15) is 0 Å². The van der Waals surface area contributed by atoms with Crippen LogP contribution in [-0.4, -0.2) is 40.4 Å². The maximum Gasteiger partial charge on any atom is 0.244 e. The minimum atomic E-state index is -3.54. The molecule has 27 heavy (non-hydrogen) atoms. The lowest BCUT2D eigenvalue weighted by Gasteiger charge is -2.18. The molecular formula is C19H25N5O2S. The SMILES string of the molecule is CCN(CC)S(=O)(=O)c1ccc2nnc(NC(C)c3ccc(C)cc3)n2c1. The molecule has 0 amide bonds. The summed E-state index contributed by atoms with van der Waals surface area (Å²) in [5.74, 6) is 0.509. The Morgan fingerprint density at radius 1 is 1.07 bits per heavy atom. The van der Waals surface area contributed by atoms with E-state index in [1.165, 1.54) is 9.87 Å². The summed E-state index contributed by atoms with van der Waals surface area (Å²) in [4.78, 5) is 0.226. The molecule has 1 aromatic carbocycles. The second-order valence-corrected chi connectivity index (χ2v) is 8.42. The topological polar surface area (TPSA) is 79.6 Å². The number of aryl methyl sites for hydroxylation is 1. The van der Waals surface area contributed by atoms with Crippen molar-refractivity contribution in [1.29, 1.82) is 0 Å². The summed E-state index contributed by atoms with van der Waals surface area (Å²) >= 11 is 0. The van der Waals surface area contributed by atoms with Gasteiger partial charge in [-0.25, -0.2) is 8.42 Å². The van der Waals surface area contributed by atoms with Gasteiger partial charge in [0.05, 0.1) is 10.9 Å². The highest BCUT2D eigenvalue weighted by Crippen LogP contribution is 2.22. The molecule has 0 saturated carbocycles. The minimum absolute atomic E-state index is 0.000968. The predicted molar refractivity (Wildman–Crippen MR) is 106 cm³/mol. The van der Waals surface area contributed by atoms with E-state index in [9.17, 15) is 8.42 Å². The summed E-state index contributed by atoms with van der Waals surface area (Å²) in [5.41, 5.74) is 2.90. The van der Waals surface area contributed by atoms with E-state index in [-0.39, 0.29) is 10.9 Å². The van der Waals surface area contributed by atoms with Crippen LogP contribution in [-0.2, 0) is 10.0 Å². The lowest BCUT2D eigenvalue weighted by atomic mass is 10.1. The number of nitrogens with zero attached hydrogens (tertiary/aromatic N) is 4. The zero-order chi connectivity index (χ0) is 19.6. The summed E-state index contributed by atoms with van der Waals surface area (Å²) in [5, 5.41) is 11.6. The third-order valence-corrected chi connectivity index (χ3v) is 6.67. The largest absolute Gasteiger partial charge is 0.347 e. The number of anilines is 1. The monoisotopic (exact) mass is 387 g/mol. The number of hydrogen-bond acceptors (Lipinski definition) is 5. The summed E-state index contributed by atoms with van der Waals surface area (Å²) in [7, 11) is -3.54. The average molecular weight is 388 g/mol. The fraction of sp³-hybridized carbons (Fsp3) is 0.368. The number of hydrogen-bond donors (Lipinski definition) is 1.